The van der Waals surface area contributed by atoms with Gasteiger partial charge in [-0.05, 0) is 13.3 Å². The molecule has 0 spiro atoms. The minimum Gasteiger partial charge on any atom is -0.394 e. The van der Waals surface area contributed by atoms with Crippen LogP contribution < -0.4 is 5.32 Å². The normalized spacial score (nSPS) is 30.1. The molecule has 0 bridgehead atoms. The van der Waals surface area contributed by atoms with Crippen LogP contribution in [0.25, 0.3) is 0 Å². The van der Waals surface area contributed by atoms with Crippen molar-refractivity contribution in [2.45, 2.75) is 31.5 Å². The minimum atomic E-state index is -0.678. The van der Waals surface area contributed by atoms with Crippen LogP contribution in [0.3, 0.4) is 0 Å². The van der Waals surface area contributed by atoms with Gasteiger partial charge in [0.05, 0.1) is 18.8 Å². The predicted molar refractivity (Wildman–Crippen MR) is 56.6 cm³/mol. The van der Waals surface area contributed by atoms with Crippen LogP contribution in [0.5, 0.6) is 0 Å². The highest BCUT2D eigenvalue weighted by atomic mass is 16.3. The maximum atomic E-state index is 10.9. The molecule has 1 saturated heterocycles. The standard InChI is InChI=1S/C10H20N2O3/c1-8-10(7-14)12(5-3-11-8)4-2-9(15)6-13/h7-11,13,15H,2-6H2,1H3/t8?,9-,10?/m1/s1. The second-order valence-corrected chi connectivity index (χ2v) is 4.03. The number of aliphatic hydroxyl groups is 2. The summed E-state index contributed by atoms with van der Waals surface area (Å²) in [5.41, 5.74) is 0. The quantitative estimate of drug-likeness (QED) is 0.493. The second-order valence-electron chi connectivity index (χ2n) is 4.03. The molecule has 0 aliphatic carbocycles. The molecule has 0 saturated carbocycles. The summed E-state index contributed by atoms with van der Waals surface area (Å²) in [4.78, 5) is 13.0. The Labute approximate surface area is 90.1 Å². The van der Waals surface area contributed by atoms with Gasteiger partial charge < -0.3 is 20.3 Å². The molecular weight excluding hydrogens is 196 g/mol. The Hall–Kier alpha value is -0.490. The molecule has 15 heavy (non-hydrogen) atoms. The van der Waals surface area contributed by atoms with Crippen LogP contribution in [0.4, 0.5) is 0 Å². The predicted octanol–water partition coefficient (Wildman–Crippen LogP) is -1.41. The molecular formula is C10H20N2O3. The average molecular weight is 216 g/mol. The van der Waals surface area contributed by atoms with Gasteiger partial charge in [0, 0.05) is 25.7 Å². The molecule has 0 aromatic rings. The molecule has 1 rings (SSSR count). The number of aliphatic hydroxyl groups excluding tert-OH is 2. The van der Waals surface area contributed by atoms with E-state index in [0.29, 0.717) is 13.0 Å². The van der Waals surface area contributed by atoms with Crippen molar-refractivity contribution < 1.29 is 15.0 Å². The summed E-state index contributed by atoms with van der Waals surface area (Å²) in [6.07, 6.45) is 0.776. The zero-order valence-corrected chi connectivity index (χ0v) is 9.09. The Morgan fingerprint density at radius 2 is 2.40 bits per heavy atom. The number of carbonyl (C=O) groups excluding carboxylic acids is 1. The lowest BCUT2D eigenvalue weighted by molar-refractivity contribution is -0.114. The van der Waals surface area contributed by atoms with Crippen LogP contribution in [-0.2, 0) is 4.79 Å². The number of nitrogens with one attached hydrogen (secondary N) is 1. The van der Waals surface area contributed by atoms with Crippen molar-refractivity contribution in [3.8, 4) is 0 Å². The minimum absolute atomic E-state index is 0.121. The van der Waals surface area contributed by atoms with E-state index in [-0.39, 0.29) is 18.7 Å². The first-order valence-corrected chi connectivity index (χ1v) is 5.40. The van der Waals surface area contributed by atoms with Crippen molar-refractivity contribution >= 4 is 6.29 Å². The summed E-state index contributed by atoms with van der Waals surface area (Å²) in [5, 5.41) is 21.2. The van der Waals surface area contributed by atoms with Crippen LogP contribution in [0.1, 0.15) is 13.3 Å². The van der Waals surface area contributed by atoms with Gasteiger partial charge in [0.25, 0.3) is 0 Å². The lowest BCUT2D eigenvalue weighted by Gasteiger charge is -2.37. The smallest absolute Gasteiger partial charge is 0.138 e. The first-order valence-electron chi connectivity index (χ1n) is 5.40. The molecule has 3 atom stereocenters. The molecule has 1 heterocycles. The van der Waals surface area contributed by atoms with Crippen molar-refractivity contribution in [3.05, 3.63) is 0 Å². The van der Waals surface area contributed by atoms with E-state index in [1.807, 2.05) is 11.8 Å². The summed E-state index contributed by atoms with van der Waals surface area (Å²) in [6.45, 7) is 4.09. The van der Waals surface area contributed by atoms with Gasteiger partial charge in [-0.15, -0.1) is 0 Å². The van der Waals surface area contributed by atoms with Gasteiger partial charge >= 0.3 is 0 Å². The van der Waals surface area contributed by atoms with Gasteiger partial charge in [-0.3, -0.25) is 4.90 Å². The van der Waals surface area contributed by atoms with Crippen molar-refractivity contribution in [2.75, 3.05) is 26.2 Å². The highest BCUT2D eigenvalue weighted by Crippen LogP contribution is 2.08. The number of aldehydes is 1. The molecule has 5 heteroatoms. The van der Waals surface area contributed by atoms with E-state index in [2.05, 4.69) is 5.32 Å². The molecule has 1 aliphatic heterocycles. The van der Waals surface area contributed by atoms with E-state index in [1.165, 1.54) is 0 Å². The van der Waals surface area contributed by atoms with Gasteiger partial charge in [0.2, 0.25) is 0 Å². The molecule has 0 amide bonds. The highest BCUT2D eigenvalue weighted by Gasteiger charge is 2.27. The first-order chi connectivity index (χ1) is 7.19. The Balaban J connectivity index is 2.40. The summed E-state index contributed by atoms with van der Waals surface area (Å²) in [6, 6.07) is 0.0344. The van der Waals surface area contributed by atoms with Crippen LogP contribution in [0.15, 0.2) is 0 Å². The molecule has 2 unspecified atom stereocenters. The lowest BCUT2D eigenvalue weighted by atomic mass is 10.1. The molecule has 0 radical (unpaired) electrons. The van der Waals surface area contributed by atoms with E-state index in [1.54, 1.807) is 0 Å². The third kappa shape index (κ3) is 3.53. The van der Waals surface area contributed by atoms with E-state index < -0.39 is 6.10 Å². The number of hydrogen-bond acceptors (Lipinski definition) is 5. The average Bonchev–Trinajstić information content (AvgIpc) is 2.25. The van der Waals surface area contributed by atoms with Crippen molar-refractivity contribution in [3.63, 3.8) is 0 Å². The summed E-state index contributed by atoms with van der Waals surface area (Å²) in [5.74, 6) is 0. The van der Waals surface area contributed by atoms with Crippen LogP contribution in [0.2, 0.25) is 0 Å². The fourth-order valence-corrected chi connectivity index (χ4v) is 1.89. The number of piperazine rings is 1. The second kappa shape index (κ2) is 6.17. The fourth-order valence-electron chi connectivity index (χ4n) is 1.89. The zero-order valence-electron chi connectivity index (χ0n) is 9.09. The van der Waals surface area contributed by atoms with E-state index in [4.69, 9.17) is 5.11 Å². The van der Waals surface area contributed by atoms with E-state index >= 15 is 0 Å². The van der Waals surface area contributed by atoms with Gasteiger partial charge in [0.1, 0.15) is 6.29 Å². The molecule has 0 aromatic carbocycles. The van der Waals surface area contributed by atoms with Gasteiger partial charge in [-0.2, -0.15) is 0 Å². The molecule has 3 N–H and O–H groups in total. The zero-order chi connectivity index (χ0) is 11.3. The van der Waals surface area contributed by atoms with Gasteiger partial charge in [-0.25, -0.2) is 0 Å². The monoisotopic (exact) mass is 216 g/mol. The maximum Gasteiger partial charge on any atom is 0.138 e. The third-order valence-corrected chi connectivity index (χ3v) is 2.90. The molecule has 88 valence electrons. The number of carbonyl (C=O) groups is 1. The summed E-state index contributed by atoms with van der Waals surface area (Å²) >= 11 is 0. The van der Waals surface area contributed by atoms with Gasteiger partial charge in [-0.1, -0.05) is 0 Å². The summed E-state index contributed by atoms with van der Waals surface area (Å²) in [7, 11) is 0. The molecule has 0 aromatic heterocycles. The van der Waals surface area contributed by atoms with E-state index in [0.717, 1.165) is 19.4 Å². The lowest BCUT2D eigenvalue weighted by Crippen LogP contribution is -2.57. The Bertz CT molecular complexity index is 201. The number of hydrogen-bond donors (Lipinski definition) is 3. The fraction of sp³-hybridized carbons (Fsp3) is 0.900. The summed E-state index contributed by atoms with van der Waals surface area (Å²) < 4.78 is 0. The molecule has 5 nitrogen and oxygen atoms in total. The van der Waals surface area contributed by atoms with Gasteiger partial charge in [0.15, 0.2) is 0 Å². The first kappa shape index (κ1) is 12.6. The van der Waals surface area contributed by atoms with Crippen LogP contribution in [-0.4, -0.2) is 65.8 Å². The van der Waals surface area contributed by atoms with Crippen molar-refractivity contribution in [1.82, 2.24) is 10.2 Å². The molecule has 1 aliphatic rings. The van der Waals surface area contributed by atoms with Crippen LogP contribution >= 0.6 is 0 Å². The van der Waals surface area contributed by atoms with Crippen molar-refractivity contribution in [2.24, 2.45) is 0 Å². The van der Waals surface area contributed by atoms with E-state index in [9.17, 15) is 9.90 Å². The highest BCUT2D eigenvalue weighted by molar-refractivity contribution is 5.59. The SMILES string of the molecule is CC1NCCN(CC[C@@H](O)CO)C1C=O. The van der Waals surface area contributed by atoms with Crippen LogP contribution in [0, 0.1) is 0 Å². The maximum absolute atomic E-state index is 10.9. The Kier molecular flexibility index (Phi) is 5.17. The largest absolute Gasteiger partial charge is 0.394 e. The topological polar surface area (TPSA) is 72.8 Å². The van der Waals surface area contributed by atoms with Crippen molar-refractivity contribution in [1.29, 1.82) is 0 Å². The molecule has 1 fully saturated rings. The Morgan fingerprint density at radius 3 is 3.00 bits per heavy atom. The number of rotatable bonds is 5. The third-order valence-electron chi connectivity index (χ3n) is 2.90. The number of nitrogens with zero attached hydrogens (tertiary/aromatic N) is 1. The Morgan fingerprint density at radius 1 is 1.67 bits per heavy atom.